The molecule has 0 saturated carbocycles. The third-order valence-corrected chi connectivity index (χ3v) is 7.67. The van der Waals surface area contributed by atoms with Gasteiger partial charge in [0.15, 0.2) is 0 Å². The van der Waals surface area contributed by atoms with Gasteiger partial charge in [0, 0.05) is 29.3 Å². The summed E-state index contributed by atoms with van der Waals surface area (Å²) < 4.78 is 27.7. The monoisotopic (exact) mass is 450 g/mol. The van der Waals surface area contributed by atoms with Crippen molar-refractivity contribution in [2.24, 2.45) is 0 Å². The maximum absolute atomic E-state index is 13.3. The number of amides is 1. The summed E-state index contributed by atoms with van der Waals surface area (Å²) in [6, 6.07) is 12.5. The van der Waals surface area contributed by atoms with Gasteiger partial charge in [0.05, 0.1) is 10.5 Å². The standard InChI is InChI=1S/C20H23BrN2O3S/c1-4-22(5-2)27(25,26)16-10-11-18(21)17(13-16)20(24)23-14(3)12-15-8-6-7-9-19(15)23/h6-11,13-14H,4-5,12H2,1-3H3. The number of sulfonamides is 1. The highest BCUT2D eigenvalue weighted by atomic mass is 79.9. The predicted octanol–water partition coefficient (Wildman–Crippen LogP) is 4.07. The lowest BCUT2D eigenvalue weighted by atomic mass is 10.1. The zero-order chi connectivity index (χ0) is 19.8. The van der Waals surface area contributed by atoms with E-state index < -0.39 is 10.0 Å². The minimum absolute atomic E-state index is 0.0184. The van der Waals surface area contributed by atoms with E-state index in [-0.39, 0.29) is 16.8 Å². The predicted molar refractivity (Wildman–Crippen MR) is 111 cm³/mol. The molecule has 0 spiro atoms. The SMILES string of the molecule is CCN(CC)S(=O)(=O)c1ccc(Br)c(C(=O)N2c3ccccc3CC2C)c1. The number of nitrogens with zero attached hydrogens (tertiary/aromatic N) is 2. The van der Waals surface area contributed by atoms with E-state index >= 15 is 0 Å². The lowest BCUT2D eigenvalue weighted by Crippen LogP contribution is -2.36. The summed E-state index contributed by atoms with van der Waals surface area (Å²) in [5.41, 5.74) is 2.37. The lowest BCUT2D eigenvalue weighted by Gasteiger charge is -2.24. The quantitative estimate of drug-likeness (QED) is 0.689. The van der Waals surface area contributed by atoms with Gasteiger partial charge in [-0.2, -0.15) is 4.31 Å². The van der Waals surface area contributed by atoms with Gasteiger partial charge in [-0.25, -0.2) is 8.42 Å². The number of hydrogen-bond donors (Lipinski definition) is 0. The number of halogens is 1. The Kier molecular flexibility index (Phi) is 5.74. The molecule has 144 valence electrons. The Hall–Kier alpha value is -1.70. The number of para-hydroxylation sites is 1. The average molecular weight is 451 g/mol. The van der Waals surface area contributed by atoms with E-state index in [4.69, 9.17) is 0 Å². The van der Waals surface area contributed by atoms with Crippen molar-refractivity contribution < 1.29 is 13.2 Å². The van der Waals surface area contributed by atoms with E-state index in [2.05, 4.69) is 15.9 Å². The summed E-state index contributed by atoms with van der Waals surface area (Å²) in [6.07, 6.45) is 0.789. The van der Waals surface area contributed by atoms with E-state index in [1.807, 2.05) is 31.2 Å². The van der Waals surface area contributed by atoms with Crippen LogP contribution in [-0.2, 0) is 16.4 Å². The van der Waals surface area contributed by atoms with Crippen molar-refractivity contribution in [3.63, 3.8) is 0 Å². The fourth-order valence-corrected chi connectivity index (χ4v) is 5.45. The van der Waals surface area contributed by atoms with Crippen LogP contribution in [0.15, 0.2) is 51.8 Å². The minimum Gasteiger partial charge on any atom is -0.305 e. The molecular formula is C20H23BrN2O3S. The first kappa shape index (κ1) is 20.0. The van der Waals surface area contributed by atoms with Crippen LogP contribution in [0, 0.1) is 0 Å². The fourth-order valence-electron chi connectivity index (χ4n) is 3.55. The van der Waals surface area contributed by atoms with Gasteiger partial charge in [0.1, 0.15) is 0 Å². The van der Waals surface area contributed by atoms with Gasteiger partial charge < -0.3 is 4.90 Å². The number of carbonyl (C=O) groups excluding carboxylic acids is 1. The molecule has 5 nitrogen and oxygen atoms in total. The molecule has 27 heavy (non-hydrogen) atoms. The first-order chi connectivity index (χ1) is 12.8. The normalized spacial score (nSPS) is 16.6. The van der Waals surface area contributed by atoms with E-state index in [9.17, 15) is 13.2 Å². The zero-order valence-corrected chi connectivity index (χ0v) is 18.0. The first-order valence-electron chi connectivity index (χ1n) is 9.02. The number of anilines is 1. The van der Waals surface area contributed by atoms with Crippen molar-refractivity contribution in [3.05, 3.63) is 58.1 Å². The first-order valence-corrected chi connectivity index (χ1v) is 11.3. The molecule has 1 amide bonds. The summed E-state index contributed by atoms with van der Waals surface area (Å²) in [7, 11) is -3.63. The smallest absolute Gasteiger partial charge is 0.259 e. The van der Waals surface area contributed by atoms with E-state index in [1.165, 1.54) is 16.4 Å². The highest BCUT2D eigenvalue weighted by molar-refractivity contribution is 9.10. The molecule has 2 aromatic carbocycles. The van der Waals surface area contributed by atoms with Crippen molar-refractivity contribution in [3.8, 4) is 0 Å². The topological polar surface area (TPSA) is 57.7 Å². The summed E-state index contributed by atoms with van der Waals surface area (Å²) >= 11 is 3.42. The maximum atomic E-state index is 13.3. The molecule has 1 atom stereocenters. The van der Waals surface area contributed by atoms with Crippen molar-refractivity contribution in [2.45, 2.75) is 38.1 Å². The molecule has 0 N–H and O–H groups in total. The Labute approximate surface area is 169 Å². The Morgan fingerprint density at radius 1 is 1.19 bits per heavy atom. The van der Waals surface area contributed by atoms with Crippen molar-refractivity contribution in [2.75, 3.05) is 18.0 Å². The number of hydrogen-bond acceptors (Lipinski definition) is 3. The van der Waals surface area contributed by atoms with Gasteiger partial charge in [0.25, 0.3) is 5.91 Å². The van der Waals surface area contributed by atoms with Crippen molar-refractivity contribution >= 4 is 37.5 Å². The molecule has 0 aromatic heterocycles. The fraction of sp³-hybridized carbons (Fsp3) is 0.350. The second-order valence-corrected chi connectivity index (χ2v) is 9.38. The highest BCUT2D eigenvalue weighted by Gasteiger charge is 2.33. The molecule has 0 saturated heterocycles. The Morgan fingerprint density at radius 3 is 2.52 bits per heavy atom. The Morgan fingerprint density at radius 2 is 1.85 bits per heavy atom. The molecule has 0 fully saturated rings. The Bertz CT molecular complexity index is 971. The van der Waals surface area contributed by atoms with Crippen LogP contribution in [-0.4, -0.2) is 37.8 Å². The molecule has 0 aliphatic carbocycles. The molecule has 0 bridgehead atoms. The number of rotatable bonds is 5. The molecule has 0 radical (unpaired) electrons. The van der Waals surface area contributed by atoms with Gasteiger partial charge in [-0.3, -0.25) is 4.79 Å². The number of benzene rings is 2. The second-order valence-electron chi connectivity index (χ2n) is 6.59. The lowest BCUT2D eigenvalue weighted by molar-refractivity contribution is 0.0980. The summed E-state index contributed by atoms with van der Waals surface area (Å²) in [6.45, 7) is 6.37. The van der Waals surface area contributed by atoms with Crippen molar-refractivity contribution in [1.82, 2.24) is 4.31 Å². The van der Waals surface area contributed by atoms with Gasteiger partial charge in [-0.1, -0.05) is 32.0 Å². The highest BCUT2D eigenvalue weighted by Crippen LogP contribution is 2.34. The molecule has 7 heteroatoms. The second kappa shape index (κ2) is 7.73. The third-order valence-electron chi connectivity index (χ3n) is 4.94. The van der Waals surface area contributed by atoms with Crippen LogP contribution in [0.25, 0.3) is 0 Å². The van der Waals surface area contributed by atoms with Gasteiger partial charge in [-0.15, -0.1) is 0 Å². The molecule has 3 rings (SSSR count). The molecule has 2 aromatic rings. The van der Waals surface area contributed by atoms with Crippen LogP contribution in [0.1, 0.15) is 36.7 Å². The van der Waals surface area contributed by atoms with Crippen molar-refractivity contribution in [1.29, 1.82) is 0 Å². The van der Waals surface area contributed by atoms with E-state index in [0.29, 0.717) is 23.1 Å². The van der Waals surface area contributed by atoms with Crippen LogP contribution in [0.2, 0.25) is 0 Å². The van der Waals surface area contributed by atoms with Crippen LogP contribution < -0.4 is 4.90 Å². The summed E-state index contributed by atoms with van der Waals surface area (Å²) in [5, 5.41) is 0. The van der Waals surface area contributed by atoms with E-state index in [1.54, 1.807) is 24.8 Å². The van der Waals surface area contributed by atoms with Crippen LogP contribution in [0.3, 0.4) is 0 Å². The zero-order valence-electron chi connectivity index (χ0n) is 15.6. The van der Waals surface area contributed by atoms with E-state index in [0.717, 1.165) is 17.7 Å². The third kappa shape index (κ3) is 3.56. The van der Waals surface area contributed by atoms with Crippen LogP contribution >= 0.6 is 15.9 Å². The largest absolute Gasteiger partial charge is 0.305 e. The van der Waals surface area contributed by atoms with Crippen LogP contribution in [0.5, 0.6) is 0 Å². The summed E-state index contributed by atoms with van der Waals surface area (Å²) in [5.74, 6) is -0.198. The molecule has 1 aliphatic rings. The van der Waals surface area contributed by atoms with Gasteiger partial charge in [0.2, 0.25) is 10.0 Å². The molecule has 1 aliphatic heterocycles. The minimum atomic E-state index is -3.63. The number of carbonyl (C=O) groups is 1. The summed E-state index contributed by atoms with van der Waals surface area (Å²) in [4.78, 5) is 15.2. The van der Waals surface area contributed by atoms with Crippen LogP contribution in [0.4, 0.5) is 5.69 Å². The maximum Gasteiger partial charge on any atom is 0.259 e. The van der Waals surface area contributed by atoms with Gasteiger partial charge >= 0.3 is 0 Å². The Balaban J connectivity index is 2.04. The average Bonchev–Trinajstić information content (AvgIpc) is 2.97. The van der Waals surface area contributed by atoms with Gasteiger partial charge in [-0.05, 0) is 59.1 Å². The molecule has 1 unspecified atom stereocenters. The molecule has 1 heterocycles. The number of fused-ring (bicyclic) bond motifs is 1. The molecular weight excluding hydrogens is 428 g/mol.